The molecule has 0 bridgehead atoms. The first-order chi connectivity index (χ1) is 10.7. The maximum atomic E-state index is 12.8. The largest absolute Gasteiger partial charge is 0.360 e. The lowest BCUT2D eigenvalue weighted by molar-refractivity contribution is -0.117. The number of carbonyl (C=O) groups is 1. The first-order valence-electron chi connectivity index (χ1n) is 6.72. The third-order valence-electron chi connectivity index (χ3n) is 3.07. The Morgan fingerprint density at radius 2 is 1.87 bits per heavy atom. The van der Waals surface area contributed by atoms with Gasteiger partial charge in [0.05, 0.1) is 6.04 Å². The molecule has 1 atom stereocenters. The van der Waals surface area contributed by atoms with Gasteiger partial charge in [0.15, 0.2) is 5.76 Å². The van der Waals surface area contributed by atoms with Crippen LogP contribution in [0.2, 0.25) is 0 Å². The van der Waals surface area contributed by atoms with E-state index < -0.39 is 27.8 Å². The lowest BCUT2D eigenvalue weighted by Crippen LogP contribution is -2.41. The molecule has 0 saturated heterocycles. The smallest absolute Gasteiger partial charge is 0.246 e. The van der Waals surface area contributed by atoms with Gasteiger partial charge >= 0.3 is 0 Å². The summed E-state index contributed by atoms with van der Waals surface area (Å²) < 4.78 is 44.5. The Kier molecular flexibility index (Phi) is 4.81. The molecule has 2 aromatic rings. The molecule has 0 aliphatic heterocycles. The van der Waals surface area contributed by atoms with Crippen molar-refractivity contribution >= 4 is 21.6 Å². The number of aromatic nitrogens is 1. The fraction of sp³-hybridized carbons (Fsp3) is 0.286. The number of sulfonamides is 1. The summed E-state index contributed by atoms with van der Waals surface area (Å²) in [7, 11) is -3.95. The van der Waals surface area contributed by atoms with E-state index >= 15 is 0 Å². The predicted molar refractivity (Wildman–Crippen MR) is 80.8 cm³/mol. The third kappa shape index (κ3) is 3.93. The van der Waals surface area contributed by atoms with Gasteiger partial charge in [-0.05, 0) is 45.0 Å². The Morgan fingerprint density at radius 3 is 2.39 bits per heavy atom. The molecule has 124 valence electrons. The topological polar surface area (TPSA) is 101 Å². The van der Waals surface area contributed by atoms with Crippen molar-refractivity contribution in [1.29, 1.82) is 0 Å². The van der Waals surface area contributed by atoms with Crippen LogP contribution in [0.15, 0.2) is 33.7 Å². The predicted octanol–water partition coefficient (Wildman–Crippen LogP) is 1.74. The number of hydrogen-bond donors (Lipinski definition) is 2. The van der Waals surface area contributed by atoms with Crippen molar-refractivity contribution in [3.8, 4) is 0 Å². The summed E-state index contributed by atoms with van der Waals surface area (Å²) in [6, 6.07) is 4.09. The number of halogens is 1. The van der Waals surface area contributed by atoms with Crippen molar-refractivity contribution in [1.82, 2.24) is 9.88 Å². The summed E-state index contributed by atoms with van der Waals surface area (Å²) in [6.45, 7) is 4.36. The van der Waals surface area contributed by atoms with Gasteiger partial charge in [-0.15, -0.1) is 0 Å². The van der Waals surface area contributed by atoms with Crippen LogP contribution in [0, 0.1) is 19.7 Å². The van der Waals surface area contributed by atoms with Gasteiger partial charge in [0.1, 0.15) is 16.4 Å². The van der Waals surface area contributed by atoms with Gasteiger partial charge in [0.2, 0.25) is 15.9 Å². The molecular weight excluding hydrogens is 325 g/mol. The van der Waals surface area contributed by atoms with E-state index in [0.29, 0.717) is 5.69 Å². The summed E-state index contributed by atoms with van der Waals surface area (Å²) >= 11 is 0. The number of hydrogen-bond acceptors (Lipinski definition) is 5. The fourth-order valence-corrected chi connectivity index (χ4v) is 3.52. The van der Waals surface area contributed by atoms with E-state index in [-0.39, 0.29) is 16.3 Å². The Balaban J connectivity index is 2.10. The zero-order valence-electron chi connectivity index (χ0n) is 12.8. The van der Waals surface area contributed by atoms with Crippen molar-refractivity contribution in [2.24, 2.45) is 0 Å². The molecular formula is C14H16FN3O4S. The molecule has 1 heterocycles. The van der Waals surface area contributed by atoms with Gasteiger partial charge in [-0.25, -0.2) is 12.8 Å². The number of anilines is 1. The molecule has 1 aromatic carbocycles. The molecule has 23 heavy (non-hydrogen) atoms. The number of nitrogens with one attached hydrogen (secondary N) is 2. The summed E-state index contributed by atoms with van der Waals surface area (Å²) in [5, 5.41) is 6.07. The van der Waals surface area contributed by atoms with Gasteiger partial charge in [0.25, 0.3) is 0 Å². The molecule has 2 rings (SSSR count). The van der Waals surface area contributed by atoms with Crippen molar-refractivity contribution < 1.29 is 22.1 Å². The first kappa shape index (κ1) is 17.1. The number of benzene rings is 1. The van der Waals surface area contributed by atoms with Crippen LogP contribution in [0.1, 0.15) is 18.4 Å². The molecule has 0 saturated carbocycles. The van der Waals surface area contributed by atoms with Gasteiger partial charge < -0.3 is 9.84 Å². The second-order valence-corrected chi connectivity index (χ2v) is 6.64. The minimum absolute atomic E-state index is 0.0843. The Labute approximate surface area is 132 Å². The normalized spacial score (nSPS) is 12.9. The second kappa shape index (κ2) is 6.47. The quantitative estimate of drug-likeness (QED) is 0.862. The minimum Gasteiger partial charge on any atom is -0.360 e. The molecule has 0 aliphatic carbocycles. The number of carbonyl (C=O) groups excluding carboxylic acids is 1. The molecule has 0 spiro atoms. The van der Waals surface area contributed by atoms with Gasteiger partial charge in [-0.3, -0.25) is 4.79 Å². The average molecular weight is 341 g/mol. The highest BCUT2D eigenvalue weighted by Crippen LogP contribution is 2.19. The second-order valence-electron chi connectivity index (χ2n) is 4.99. The van der Waals surface area contributed by atoms with E-state index in [1.54, 1.807) is 0 Å². The summed E-state index contributed by atoms with van der Waals surface area (Å²) in [5.74, 6) is -0.872. The van der Waals surface area contributed by atoms with Crippen LogP contribution in [0.5, 0.6) is 0 Å². The van der Waals surface area contributed by atoms with E-state index in [0.717, 1.165) is 0 Å². The maximum Gasteiger partial charge on any atom is 0.246 e. The number of amides is 1. The Morgan fingerprint density at radius 1 is 1.26 bits per heavy atom. The lowest BCUT2D eigenvalue weighted by atomic mass is 10.3. The van der Waals surface area contributed by atoms with Crippen LogP contribution in [0.3, 0.4) is 0 Å². The molecule has 2 N–H and O–H groups in total. The maximum absolute atomic E-state index is 12.8. The highest BCUT2D eigenvalue weighted by Gasteiger charge is 2.28. The van der Waals surface area contributed by atoms with Crippen molar-refractivity contribution in [2.75, 3.05) is 5.32 Å². The van der Waals surface area contributed by atoms with Crippen LogP contribution in [0.25, 0.3) is 0 Å². The Bertz CT molecular complexity index is 796. The van der Waals surface area contributed by atoms with Crippen molar-refractivity contribution in [2.45, 2.75) is 31.7 Å². The average Bonchev–Trinajstić information content (AvgIpc) is 2.80. The van der Waals surface area contributed by atoms with E-state index in [4.69, 9.17) is 4.52 Å². The number of nitrogens with zero attached hydrogens (tertiary/aromatic N) is 1. The zero-order chi connectivity index (χ0) is 17.2. The van der Waals surface area contributed by atoms with E-state index in [2.05, 4.69) is 15.2 Å². The first-order valence-corrected chi connectivity index (χ1v) is 8.20. The van der Waals surface area contributed by atoms with Crippen molar-refractivity contribution in [3.05, 3.63) is 41.5 Å². The lowest BCUT2D eigenvalue weighted by Gasteiger charge is -2.14. The monoisotopic (exact) mass is 341 g/mol. The molecule has 0 fully saturated rings. The molecule has 0 aliphatic rings. The van der Waals surface area contributed by atoms with Crippen LogP contribution >= 0.6 is 0 Å². The van der Waals surface area contributed by atoms with Crippen LogP contribution in [-0.4, -0.2) is 25.5 Å². The minimum atomic E-state index is -3.95. The standard InChI is InChI=1S/C14H16FN3O4S/c1-8-13(10(3)22-17-8)23(20,21)18-9(2)14(19)16-12-6-4-11(15)5-7-12/h4-7,9,18H,1-3H3,(H,16,19)/t9-/m0/s1. The molecule has 9 heteroatoms. The van der Waals surface area contributed by atoms with E-state index in [1.165, 1.54) is 45.0 Å². The van der Waals surface area contributed by atoms with Crippen LogP contribution in [0.4, 0.5) is 10.1 Å². The SMILES string of the molecule is Cc1noc(C)c1S(=O)(=O)N[C@@H](C)C(=O)Nc1ccc(F)cc1. The summed E-state index contributed by atoms with van der Waals surface area (Å²) in [5.41, 5.74) is 0.570. The summed E-state index contributed by atoms with van der Waals surface area (Å²) in [4.78, 5) is 12.0. The number of aryl methyl sites for hydroxylation is 2. The number of rotatable bonds is 5. The summed E-state index contributed by atoms with van der Waals surface area (Å²) in [6.07, 6.45) is 0. The van der Waals surface area contributed by atoms with E-state index in [9.17, 15) is 17.6 Å². The molecule has 1 amide bonds. The Hall–Kier alpha value is -2.26. The molecule has 0 unspecified atom stereocenters. The van der Waals surface area contributed by atoms with Gasteiger partial charge in [-0.2, -0.15) is 4.72 Å². The van der Waals surface area contributed by atoms with Gasteiger partial charge in [-0.1, -0.05) is 5.16 Å². The van der Waals surface area contributed by atoms with E-state index in [1.807, 2.05) is 0 Å². The van der Waals surface area contributed by atoms with Crippen molar-refractivity contribution in [3.63, 3.8) is 0 Å². The fourth-order valence-electron chi connectivity index (χ4n) is 1.99. The molecule has 1 aromatic heterocycles. The van der Waals surface area contributed by atoms with Crippen LogP contribution < -0.4 is 10.0 Å². The molecule has 7 nitrogen and oxygen atoms in total. The highest BCUT2D eigenvalue weighted by atomic mass is 32.2. The van der Waals surface area contributed by atoms with Crippen LogP contribution in [-0.2, 0) is 14.8 Å². The third-order valence-corrected chi connectivity index (χ3v) is 4.86. The highest BCUT2D eigenvalue weighted by molar-refractivity contribution is 7.89. The zero-order valence-corrected chi connectivity index (χ0v) is 13.6. The van der Waals surface area contributed by atoms with Gasteiger partial charge in [0, 0.05) is 5.69 Å². The molecule has 0 radical (unpaired) electrons.